The molecule has 0 aromatic carbocycles. The zero-order valence-corrected chi connectivity index (χ0v) is 11.4. The van der Waals surface area contributed by atoms with Gasteiger partial charge in [-0.15, -0.1) is 0 Å². The quantitative estimate of drug-likeness (QED) is 0.685. The maximum atomic E-state index is 11.6. The number of aromatic nitrogens is 1. The Kier molecular flexibility index (Phi) is 4.94. The Balaban J connectivity index is 1.74. The fourth-order valence-electron chi connectivity index (χ4n) is 1.93. The first-order valence-corrected chi connectivity index (χ1v) is 6.58. The van der Waals surface area contributed by atoms with Crippen LogP contribution in [0, 0.1) is 0 Å². The zero-order valence-electron chi connectivity index (χ0n) is 11.4. The first-order chi connectivity index (χ1) is 10.1. The van der Waals surface area contributed by atoms with Gasteiger partial charge in [0.2, 0.25) is 5.91 Å². The second-order valence-electron chi connectivity index (χ2n) is 4.69. The van der Waals surface area contributed by atoms with Gasteiger partial charge in [-0.3, -0.25) is 14.5 Å². The molecule has 21 heavy (non-hydrogen) atoms. The number of hydrogen-bond acceptors (Lipinski definition) is 5. The van der Waals surface area contributed by atoms with Crippen LogP contribution in [-0.4, -0.2) is 58.9 Å². The number of aliphatic hydroxyl groups excluding tert-OH is 1. The van der Waals surface area contributed by atoms with E-state index in [1.807, 2.05) is 0 Å². The van der Waals surface area contributed by atoms with Crippen molar-refractivity contribution in [2.24, 2.45) is 0 Å². The minimum absolute atomic E-state index is 0.00303. The molecule has 8 nitrogen and oxygen atoms in total. The normalized spacial score (nSPS) is 15.7. The van der Waals surface area contributed by atoms with E-state index in [-0.39, 0.29) is 37.7 Å². The van der Waals surface area contributed by atoms with Crippen molar-refractivity contribution in [2.45, 2.75) is 12.6 Å². The van der Waals surface area contributed by atoms with Gasteiger partial charge in [-0.2, -0.15) is 0 Å². The van der Waals surface area contributed by atoms with E-state index in [1.54, 1.807) is 18.3 Å². The molecule has 1 aromatic rings. The molecule has 1 aliphatic heterocycles. The lowest BCUT2D eigenvalue weighted by Crippen LogP contribution is -2.42. The van der Waals surface area contributed by atoms with Crippen molar-refractivity contribution in [1.82, 2.24) is 14.8 Å². The Bertz CT molecular complexity index is 571. The lowest BCUT2D eigenvalue weighted by atomic mass is 10.3. The molecule has 114 valence electrons. The number of aliphatic hydroxyl groups is 1. The van der Waals surface area contributed by atoms with Gasteiger partial charge in [0.05, 0.1) is 19.2 Å². The second-order valence-corrected chi connectivity index (χ2v) is 4.69. The van der Waals surface area contributed by atoms with Crippen LogP contribution in [0.4, 0.5) is 4.79 Å². The predicted molar refractivity (Wildman–Crippen MR) is 72.6 cm³/mol. The van der Waals surface area contributed by atoms with Gasteiger partial charge in [-0.05, 0) is 6.07 Å². The third-order valence-electron chi connectivity index (χ3n) is 3.02. The molecule has 0 radical (unpaired) electrons. The summed E-state index contributed by atoms with van der Waals surface area (Å²) < 4.78 is 6.06. The summed E-state index contributed by atoms with van der Waals surface area (Å²) in [6, 6.07) is 4.69. The third-order valence-corrected chi connectivity index (χ3v) is 3.02. The highest BCUT2D eigenvalue weighted by atomic mass is 16.6. The SMILES string of the molecule is O=C(CN1CCOC1=O)NCC(O)Cn1ccccc1=O. The van der Waals surface area contributed by atoms with E-state index >= 15 is 0 Å². The van der Waals surface area contributed by atoms with Gasteiger partial charge < -0.3 is 19.7 Å². The largest absolute Gasteiger partial charge is 0.448 e. The predicted octanol–water partition coefficient (Wildman–Crippen LogP) is -1.22. The van der Waals surface area contributed by atoms with Crippen molar-refractivity contribution in [3.8, 4) is 0 Å². The number of cyclic esters (lactones) is 1. The molecule has 0 saturated carbocycles. The molecule has 8 heteroatoms. The monoisotopic (exact) mass is 295 g/mol. The molecule has 1 aliphatic rings. The van der Waals surface area contributed by atoms with Gasteiger partial charge >= 0.3 is 6.09 Å². The zero-order chi connectivity index (χ0) is 15.2. The smallest absolute Gasteiger partial charge is 0.410 e. The number of nitrogens with one attached hydrogen (secondary N) is 1. The van der Waals surface area contributed by atoms with Crippen LogP contribution in [0.25, 0.3) is 0 Å². The van der Waals surface area contributed by atoms with E-state index in [9.17, 15) is 19.5 Å². The Morgan fingerprint density at radius 2 is 2.24 bits per heavy atom. The van der Waals surface area contributed by atoms with E-state index in [4.69, 9.17) is 4.74 Å². The maximum absolute atomic E-state index is 11.6. The summed E-state index contributed by atoms with van der Waals surface area (Å²) in [5.41, 5.74) is -0.220. The number of carbonyl (C=O) groups excluding carboxylic acids is 2. The molecule has 1 aromatic heterocycles. The van der Waals surface area contributed by atoms with E-state index in [0.29, 0.717) is 6.54 Å². The second kappa shape index (κ2) is 6.89. The van der Waals surface area contributed by atoms with Crippen LogP contribution >= 0.6 is 0 Å². The number of amides is 2. The summed E-state index contributed by atoms with van der Waals surface area (Å²) in [6.45, 7) is 0.658. The average molecular weight is 295 g/mol. The number of nitrogens with zero attached hydrogens (tertiary/aromatic N) is 2. The van der Waals surface area contributed by atoms with E-state index in [0.717, 1.165) is 0 Å². The van der Waals surface area contributed by atoms with Crippen LogP contribution in [0.5, 0.6) is 0 Å². The van der Waals surface area contributed by atoms with Crippen LogP contribution in [0.1, 0.15) is 0 Å². The summed E-state index contributed by atoms with van der Waals surface area (Å²) in [7, 11) is 0. The molecular weight excluding hydrogens is 278 g/mol. The number of rotatable bonds is 6. The highest BCUT2D eigenvalue weighted by molar-refractivity contribution is 5.82. The highest BCUT2D eigenvalue weighted by Gasteiger charge is 2.24. The van der Waals surface area contributed by atoms with Crippen molar-refractivity contribution < 1.29 is 19.4 Å². The van der Waals surface area contributed by atoms with Crippen molar-refractivity contribution in [3.63, 3.8) is 0 Å². The number of ether oxygens (including phenoxy) is 1. The van der Waals surface area contributed by atoms with Crippen molar-refractivity contribution in [2.75, 3.05) is 26.2 Å². The van der Waals surface area contributed by atoms with E-state index in [2.05, 4.69) is 5.32 Å². The molecule has 0 spiro atoms. The van der Waals surface area contributed by atoms with Crippen molar-refractivity contribution in [3.05, 3.63) is 34.7 Å². The third kappa shape index (κ3) is 4.32. The van der Waals surface area contributed by atoms with Gasteiger partial charge in [-0.25, -0.2) is 4.79 Å². The molecule has 1 saturated heterocycles. The lowest BCUT2D eigenvalue weighted by Gasteiger charge is -2.15. The minimum atomic E-state index is -0.889. The molecular formula is C13H17N3O5. The van der Waals surface area contributed by atoms with Gasteiger partial charge in [0.15, 0.2) is 0 Å². The van der Waals surface area contributed by atoms with Crippen LogP contribution < -0.4 is 10.9 Å². The van der Waals surface area contributed by atoms with Gasteiger partial charge in [0, 0.05) is 18.8 Å². The number of pyridine rings is 1. The van der Waals surface area contributed by atoms with E-state index in [1.165, 1.54) is 15.5 Å². The average Bonchev–Trinajstić information content (AvgIpc) is 2.85. The van der Waals surface area contributed by atoms with Gasteiger partial charge in [0.1, 0.15) is 13.2 Å². The molecule has 1 unspecified atom stereocenters. The Hall–Kier alpha value is -2.35. The van der Waals surface area contributed by atoms with Crippen LogP contribution in [-0.2, 0) is 16.1 Å². The fourth-order valence-corrected chi connectivity index (χ4v) is 1.93. The van der Waals surface area contributed by atoms with Crippen LogP contribution in [0.15, 0.2) is 29.2 Å². The minimum Gasteiger partial charge on any atom is -0.448 e. The number of carbonyl (C=O) groups is 2. The Morgan fingerprint density at radius 3 is 2.90 bits per heavy atom. The molecule has 0 aliphatic carbocycles. The molecule has 2 N–H and O–H groups in total. The summed E-state index contributed by atoms with van der Waals surface area (Å²) in [6.07, 6.45) is 0.161. The number of hydrogen-bond donors (Lipinski definition) is 2. The Labute approximate surface area is 120 Å². The molecule has 1 fully saturated rings. The summed E-state index contributed by atoms with van der Waals surface area (Å²) in [4.78, 5) is 35.5. The highest BCUT2D eigenvalue weighted by Crippen LogP contribution is 2.01. The summed E-state index contributed by atoms with van der Waals surface area (Å²) in [5, 5.41) is 12.3. The lowest BCUT2D eigenvalue weighted by molar-refractivity contribution is -0.122. The molecule has 0 bridgehead atoms. The van der Waals surface area contributed by atoms with Crippen molar-refractivity contribution in [1.29, 1.82) is 0 Å². The summed E-state index contributed by atoms with van der Waals surface area (Å²) in [5.74, 6) is -0.381. The summed E-state index contributed by atoms with van der Waals surface area (Å²) >= 11 is 0. The first-order valence-electron chi connectivity index (χ1n) is 6.58. The van der Waals surface area contributed by atoms with Crippen LogP contribution in [0.2, 0.25) is 0 Å². The fraction of sp³-hybridized carbons (Fsp3) is 0.462. The standard InChI is InChI=1S/C13H17N3O5/c17-10(8-15-4-2-1-3-12(15)19)7-14-11(18)9-16-5-6-21-13(16)20/h1-4,10,17H,5-9H2,(H,14,18). The van der Waals surface area contributed by atoms with E-state index < -0.39 is 12.2 Å². The topological polar surface area (TPSA) is 101 Å². The van der Waals surface area contributed by atoms with Gasteiger partial charge in [0.25, 0.3) is 5.56 Å². The molecule has 2 amide bonds. The van der Waals surface area contributed by atoms with Crippen molar-refractivity contribution >= 4 is 12.0 Å². The molecule has 2 heterocycles. The first kappa shape index (κ1) is 15.0. The maximum Gasteiger partial charge on any atom is 0.410 e. The molecule has 1 atom stereocenters. The van der Waals surface area contributed by atoms with Gasteiger partial charge in [-0.1, -0.05) is 6.07 Å². The van der Waals surface area contributed by atoms with Crippen LogP contribution in [0.3, 0.4) is 0 Å². The Morgan fingerprint density at radius 1 is 1.43 bits per heavy atom. The molecule has 2 rings (SSSR count).